The van der Waals surface area contributed by atoms with Gasteiger partial charge in [0.05, 0.1) is 9.81 Å². The number of aromatic nitrogens is 1. The molecule has 0 amide bonds. The molecule has 1 aliphatic rings. The predicted octanol–water partition coefficient (Wildman–Crippen LogP) is 5.10. The Balaban J connectivity index is 2.05. The second kappa shape index (κ2) is 5.56. The van der Waals surface area contributed by atoms with Crippen LogP contribution in [0.15, 0.2) is 42.5 Å². The minimum Gasteiger partial charge on any atom is -0.256 e. The SMILES string of the molecule is [2H]c1cc(-c2ccc(C([2H])([2H])[2H])cn2)c([2H])c([2H])c1C1([2H])CCCCC1. The first-order valence-corrected chi connectivity index (χ1v) is 6.72. The van der Waals surface area contributed by atoms with E-state index in [0.29, 0.717) is 29.7 Å². The first-order valence-electron chi connectivity index (χ1n) is 10.2. The van der Waals surface area contributed by atoms with E-state index in [0.717, 1.165) is 19.3 Å². The molecule has 1 fully saturated rings. The van der Waals surface area contributed by atoms with E-state index >= 15 is 0 Å². The Morgan fingerprint density at radius 2 is 2.05 bits per heavy atom. The van der Waals surface area contributed by atoms with Crippen LogP contribution in [0.2, 0.25) is 0 Å². The summed E-state index contributed by atoms with van der Waals surface area (Å²) in [4.78, 5) is 4.12. The van der Waals surface area contributed by atoms with Crippen molar-refractivity contribution < 1.29 is 9.60 Å². The second-order valence-electron chi connectivity index (χ2n) is 4.92. The normalized spacial score (nSPS) is 24.1. The van der Waals surface area contributed by atoms with Crippen LogP contribution in [-0.4, -0.2) is 4.98 Å². The molecule has 1 saturated carbocycles. The summed E-state index contributed by atoms with van der Waals surface area (Å²) in [5.41, 5.74) is 1.11. The Morgan fingerprint density at radius 1 is 1.16 bits per heavy atom. The first-order chi connectivity index (χ1) is 12.1. The van der Waals surface area contributed by atoms with E-state index in [1.807, 2.05) is 0 Å². The highest BCUT2D eigenvalue weighted by Crippen LogP contribution is 2.33. The van der Waals surface area contributed by atoms with Crippen molar-refractivity contribution in [3.63, 3.8) is 0 Å². The zero-order chi connectivity index (χ0) is 19.1. The fraction of sp³-hybridized carbons (Fsp3) is 0.389. The van der Waals surface area contributed by atoms with Crippen LogP contribution in [0.4, 0.5) is 0 Å². The molecule has 0 unspecified atom stereocenters. The summed E-state index contributed by atoms with van der Waals surface area (Å²) in [7, 11) is 0. The average molecular weight is 258 g/mol. The predicted molar refractivity (Wildman–Crippen MR) is 80.2 cm³/mol. The molecule has 2 aromatic rings. The minimum atomic E-state index is -2.25. The van der Waals surface area contributed by atoms with Crippen molar-refractivity contribution in [3.8, 4) is 11.3 Å². The molecule has 1 aromatic heterocycles. The first kappa shape index (κ1) is 6.69. The maximum absolute atomic E-state index is 8.71. The minimum absolute atomic E-state index is 0.0673. The van der Waals surface area contributed by atoms with Crippen LogP contribution in [0.25, 0.3) is 11.3 Å². The number of rotatable bonds is 2. The van der Waals surface area contributed by atoms with E-state index < -0.39 is 12.7 Å². The van der Waals surface area contributed by atoms with Gasteiger partial charge in [0.15, 0.2) is 0 Å². The van der Waals surface area contributed by atoms with Crippen molar-refractivity contribution in [2.75, 3.05) is 0 Å². The molecule has 3 rings (SSSR count). The van der Waals surface area contributed by atoms with Crippen LogP contribution in [-0.2, 0) is 0 Å². The molecular formula is C18H21N. The van der Waals surface area contributed by atoms with Gasteiger partial charge in [0.2, 0.25) is 0 Å². The Bertz CT molecular complexity index is 806. The fourth-order valence-electron chi connectivity index (χ4n) is 2.46. The lowest BCUT2D eigenvalue weighted by atomic mass is 9.84. The zero-order valence-electron chi connectivity index (χ0n) is 17.8. The maximum atomic E-state index is 8.71. The highest BCUT2D eigenvalue weighted by Gasteiger charge is 2.15. The molecule has 0 saturated heterocycles. The van der Waals surface area contributed by atoms with Gasteiger partial charge in [-0.15, -0.1) is 0 Å². The van der Waals surface area contributed by atoms with Crippen molar-refractivity contribution in [1.29, 1.82) is 0 Å². The summed E-state index contributed by atoms with van der Waals surface area (Å²) in [5, 5.41) is 0. The van der Waals surface area contributed by atoms with E-state index in [1.54, 1.807) is 0 Å². The van der Waals surface area contributed by atoms with Gasteiger partial charge in [-0.1, -0.05) is 49.5 Å². The number of hydrogen-bond acceptors (Lipinski definition) is 1. The third-order valence-electron chi connectivity index (χ3n) is 3.53. The molecule has 0 bridgehead atoms. The Labute approximate surface area is 125 Å². The smallest absolute Gasteiger partial charge is 0.0702 e. The van der Waals surface area contributed by atoms with Crippen molar-refractivity contribution in [2.45, 2.75) is 44.8 Å². The third kappa shape index (κ3) is 2.86. The number of benzene rings is 1. The third-order valence-corrected chi connectivity index (χ3v) is 3.53. The van der Waals surface area contributed by atoms with Crippen molar-refractivity contribution in [3.05, 3.63) is 53.7 Å². The molecule has 19 heavy (non-hydrogen) atoms. The molecule has 1 heterocycles. The van der Waals surface area contributed by atoms with Crippen molar-refractivity contribution >= 4 is 0 Å². The van der Waals surface area contributed by atoms with Gasteiger partial charge in [0.1, 0.15) is 0 Å². The standard InChI is InChI=1S/C18H21N/c1-14-7-12-18(19-13-14)17-10-8-16(9-11-17)15-5-3-2-4-6-15/h7-13,15H,2-6H2,1H3/i1D3,8D,9D,10D,15D. The van der Waals surface area contributed by atoms with Crippen molar-refractivity contribution in [2.24, 2.45) is 0 Å². The Hall–Kier alpha value is -1.63. The lowest BCUT2D eigenvalue weighted by Gasteiger charge is -2.22. The van der Waals surface area contributed by atoms with Gasteiger partial charge in [-0.3, -0.25) is 4.98 Å². The number of pyridine rings is 1. The average Bonchev–Trinajstić information content (AvgIpc) is 2.58. The second-order valence-corrected chi connectivity index (χ2v) is 4.92. The van der Waals surface area contributed by atoms with Gasteiger partial charge in [-0.05, 0) is 42.8 Å². The van der Waals surface area contributed by atoms with Crippen LogP contribution in [0.3, 0.4) is 0 Å². The molecular weight excluding hydrogens is 230 g/mol. The topological polar surface area (TPSA) is 12.9 Å². The summed E-state index contributed by atoms with van der Waals surface area (Å²) in [6, 6.07) is 4.35. The van der Waals surface area contributed by atoms with Crippen LogP contribution in [0.1, 0.15) is 58.7 Å². The zero-order valence-corrected chi connectivity index (χ0v) is 10.8. The van der Waals surface area contributed by atoms with Crippen molar-refractivity contribution in [1.82, 2.24) is 4.98 Å². The molecule has 0 radical (unpaired) electrons. The molecule has 98 valence electrons. The molecule has 0 N–H and O–H groups in total. The molecule has 0 atom stereocenters. The van der Waals surface area contributed by atoms with Gasteiger partial charge in [0, 0.05) is 17.2 Å². The highest BCUT2D eigenvalue weighted by atomic mass is 14.7. The molecule has 0 aliphatic heterocycles. The molecule has 1 heteroatoms. The number of nitrogens with zero attached hydrogens (tertiary/aromatic N) is 1. The summed E-state index contributed by atoms with van der Waals surface area (Å²) in [6.45, 7) is -2.25. The lowest BCUT2D eigenvalue weighted by molar-refractivity contribution is 0.443. The lowest BCUT2D eigenvalue weighted by Crippen LogP contribution is -2.04. The Kier molecular flexibility index (Phi) is 1.96. The van der Waals surface area contributed by atoms with E-state index in [-0.39, 0.29) is 23.7 Å². The van der Waals surface area contributed by atoms with E-state index in [4.69, 9.17) is 9.60 Å². The largest absolute Gasteiger partial charge is 0.256 e. The maximum Gasteiger partial charge on any atom is 0.0702 e. The molecule has 1 aromatic carbocycles. The molecule has 0 spiro atoms. The van der Waals surface area contributed by atoms with E-state index in [1.165, 1.54) is 24.4 Å². The van der Waals surface area contributed by atoms with Crippen LogP contribution < -0.4 is 0 Å². The summed E-state index contributed by atoms with van der Waals surface area (Å²) < 4.78 is 56.0. The summed E-state index contributed by atoms with van der Waals surface area (Å²) >= 11 is 0. The van der Waals surface area contributed by atoms with E-state index in [2.05, 4.69) is 4.98 Å². The van der Waals surface area contributed by atoms with Gasteiger partial charge in [0.25, 0.3) is 0 Å². The van der Waals surface area contributed by atoms with E-state index in [9.17, 15) is 0 Å². The van der Waals surface area contributed by atoms with Crippen LogP contribution in [0, 0.1) is 6.85 Å². The van der Waals surface area contributed by atoms with Crippen LogP contribution in [0.5, 0.6) is 0 Å². The number of hydrogen-bond donors (Lipinski definition) is 0. The highest BCUT2D eigenvalue weighted by molar-refractivity contribution is 5.59. The monoisotopic (exact) mass is 258 g/mol. The number of aryl methyl sites for hydroxylation is 1. The van der Waals surface area contributed by atoms with Gasteiger partial charge in [-0.25, -0.2) is 0 Å². The molecule has 1 aliphatic carbocycles. The fourth-order valence-corrected chi connectivity index (χ4v) is 2.46. The quantitative estimate of drug-likeness (QED) is 0.730. The van der Waals surface area contributed by atoms with Gasteiger partial charge < -0.3 is 0 Å². The van der Waals surface area contributed by atoms with Gasteiger partial charge >= 0.3 is 0 Å². The van der Waals surface area contributed by atoms with Gasteiger partial charge in [-0.2, -0.15) is 0 Å². The summed E-state index contributed by atoms with van der Waals surface area (Å²) in [6.07, 6.45) is 5.32. The summed E-state index contributed by atoms with van der Waals surface area (Å²) in [5.74, 6) is -0.973. The molecule has 1 nitrogen and oxygen atoms in total. The Morgan fingerprint density at radius 3 is 2.79 bits per heavy atom. The van der Waals surface area contributed by atoms with Crippen LogP contribution >= 0.6 is 0 Å².